The van der Waals surface area contributed by atoms with Gasteiger partial charge in [0, 0.05) is 24.2 Å². The molecular weight excluding hydrogens is 268 g/mol. The first-order valence-corrected chi connectivity index (χ1v) is 8.23. The molecule has 1 fully saturated rings. The van der Waals surface area contributed by atoms with Crippen molar-refractivity contribution in [2.45, 2.75) is 45.2 Å². The number of benzene rings is 1. The lowest BCUT2D eigenvalue weighted by atomic mass is 9.84. The van der Waals surface area contributed by atoms with Crippen LogP contribution in [0.25, 0.3) is 0 Å². The van der Waals surface area contributed by atoms with Gasteiger partial charge in [0.1, 0.15) is 0 Å². The topological polar surface area (TPSA) is 15.3 Å². The molecule has 2 nitrogen and oxygen atoms in total. The van der Waals surface area contributed by atoms with Crippen molar-refractivity contribution < 1.29 is 0 Å². The average Bonchev–Trinajstić information content (AvgIpc) is 2.41. The fourth-order valence-corrected chi connectivity index (χ4v) is 3.58. The van der Waals surface area contributed by atoms with Gasteiger partial charge in [-0.3, -0.25) is 0 Å². The first kappa shape index (κ1) is 15.8. The number of nitrogens with zero attached hydrogens (tertiary/aromatic N) is 1. The van der Waals surface area contributed by atoms with Gasteiger partial charge in [-0.2, -0.15) is 0 Å². The summed E-state index contributed by atoms with van der Waals surface area (Å²) in [6.45, 7) is 5.45. The SMILES string of the molecule is CCNC1CCCCC1CN(C)Cc1cccc(Cl)c1. The Bertz CT molecular complexity index is 406. The highest BCUT2D eigenvalue weighted by molar-refractivity contribution is 6.30. The minimum Gasteiger partial charge on any atom is -0.314 e. The zero-order valence-electron chi connectivity index (χ0n) is 12.7. The number of hydrogen-bond donors (Lipinski definition) is 1. The molecule has 0 radical (unpaired) electrons. The van der Waals surface area contributed by atoms with Gasteiger partial charge in [0.05, 0.1) is 0 Å². The van der Waals surface area contributed by atoms with Crippen LogP contribution in [0.1, 0.15) is 38.2 Å². The maximum absolute atomic E-state index is 6.06. The average molecular weight is 295 g/mol. The van der Waals surface area contributed by atoms with Gasteiger partial charge in [-0.05, 0) is 50.0 Å². The number of rotatable bonds is 6. The second-order valence-corrected chi connectivity index (χ2v) is 6.47. The first-order valence-electron chi connectivity index (χ1n) is 7.85. The Hall–Kier alpha value is -0.570. The van der Waals surface area contributed by atoms with Crippen LogP contribution in [0.2, 0.25) is 5.02 Å². The number of halogens is 1. The van der Waals surface area contributed by atoms with Gasteiger partial charge in [0.2, 0.25) is 0 Å². The Morgan fingerprint density at radius 1 is 1.30 bits per heavy atom. The highest BCUT2D eigenvalue weighted by atomic mass is 35.5. The number of nitrogens with one attached hydrogen (secondary N) is 1. The van der Waals surface area contributed by atoms with E-state index in [9.17, 15) is 0 Å². The van der Waals surface area contributed by atoms with Crippen molar-refractivity contribution in [1.82, 2.24) is 10.2 Å². The van der Waals surface area contributed by atoms with Gasteiger partial charge in [-0.25, -0.2) is 0 Å². The first-order chi connectivity index (χ1) is 9.69. The molecule has 1 saturated carbocycles. The molecule has 1 aliphatic rings. The molecule has 1 aromatic carbocycles. The summed E-state index contributed by atoms with van der Waals surface area (Å²) in [7, 11) is 2.22. The summed E-state index contributed by atoms with van der Waals surface area (Å²) in [6, 6.07) is 8.91. The van der Waals surface area contributed by atoms with Crippen molar-refractivity contribution in [1.29, 1.82) is 0 Å². The van der Waals surface area contributed by atoms with Crippen LogP contribution in [0.5, 0.6) is 0 Å². The molecule has 1 N–H and O–H groups in total. The maximum Gasteiger partial charge on any atom is 0.0409 e. The van der Waals surface area contributed by atoms with Gasteiger partial charge in [-0.15, -0.1) is 0 Å². The predicted octanol–water partition coefficient (Wildman–Crippen LogP) is 3.94. The lowest BCUT2D eigenvalue weighted by molar-refractivity contribution is 0.186. The molecule has 3 heteroatoms. The standard InChI is InChI=1S/C17H27ClN2/c1-3-19-17-10-5-4-8-15(17)13-20(2)12-14-7-6-9-16(18)11-14/h6-7,9,11,15,17,19H,3-5,8,10,12-13H2,1-2H3. The second-order valence-electron chi connectivity index (χ2n) is 6.04. The van der Waals surface area contributed by atoms with Gasteiger partial charge in [0.15, 0.2) is 0 Å². The van der Waals surface area contributed by atoms with E-state index in [0.29, 0.717) is 6.04 Å². The third-order valence-corrected chi connectivity index (χ3v) is 4.50. The van der Waals surface area contributed by atoms with Crippen LogP contribution >= 0.6 is 11.6 Å². The van der Waals surface area contributed by atoms with Crippen molar-refractivity contribution in [3.63, 3.8) is 0 Å². The van der Waals surface area contributed by atoms with E-state index >= 15 is 0 Å². The van der Waals surface area contributed by atoms with Crippen LogP contribution in [0, 0.1) is 5.92 Å². The molecule has 2 rings (SSSR count). The van der Waals surface area contributed by atoms with E-state index < -0.39 is 0 Å². The Morgan fingerprint density at radius 2 is 2.10 bits per heavy atom. The lowest BCUT2D eigenvalue weighted by Crippen LogP contribution is -2.43. The molecule has 0 saturated heterocycles. The second kappa shape index (κ2) is 8.02. The molecule has 2 atom stereocenters. The van der Waals surface area contributed by atoms with Crippen LogP contribution in [0.15, 0.2) is 24.3 Å². The summed E-state index contributed by atoms with van der Waals surface area (Å²) >= 11 is 6.06. The van der Waals surface area contributed by atoms with Crippen molar-refractivity contribution in [2.24, 2.45) is 5.92 Å². The minimum atomic E-state index is 0.704. The van der Waals surface area contributed by atoms with Crippen molar-refractivity contribution in [3.8, 4) is 0 Å². The van der Waals surface area contributed by atoms with Crippen molar-refractivity contribution in [2.75, 3.05) is 20.1 Å². The molecular formula is C17H27ClN2. The Morgan fingerprint density at radius 3 is 2.85 bits per heavy atom. The molecule has 1 aliphatic carbocycles. The fourth-order valence-electron chi connectivity index (χ4n) is 3.37. The van der Waals surface area contributed by atoms with Gasteiger partial charge in [-0.1, -0.05) is 43.5 Å². The molecule has 0 bridgehead atoms. The molecule has 0 heterocycles. The molecule has 2 unspecified atom stereocenters. The molecule has 112 valence electrons. The predicted molar refractivity (Wildman–Crippen MR) is 87.2 cm³/mol. The highest BCUT2D eigenvalue weighted by Crippen LogP contribution is 2.25. The summed E-state index contributed by atoms with van der Waals surface area (Å²) < 4.78 is 0. The van der Waals surface area contributed by atoms with Gasteiger partial charge in [0.25, 0.3) is 0 Å². The Labute approximate surface area is 128 Å². The van der Waals surface area contributed by atoms with E-state index in [2.05, 4.69) is 36.3 Å². The third-order valence-electron chi connectivity index (χ3n) is 4.26. The van der Waals surface area contributed by atoms with Crippen LogP contribution in [0.4, 0.5) is 0 Å². The summed E-state index contributed by atoms with van der Waals surface area (Å²) in [5.74, 6) is 0.785. The third kappa shape index (κ3) is 4.76. The Kier molecular flexibility index (Phi) is 6.34. The van der Waals surface area contributed by atoms with E-state index in [1.165, 1.54) is 37.8 Å². The maximum atomic E-state index is 6.06. The Balaban J connectivity index is 1.87. The van der Waals surface area contributed by atoms with Crippen LogP contribution in [-0.2, 0) is 6.54 Å². The van der Waals surface area contributed by atoms with Gasteiger partial charge < -0.3 is 10.2 Å². The van der Waals surface area contributed by atoms with E-state index in [1.807, 2.05) is 12.1 Å². The highest BCUT2D eigenvalue weighted by Gasteiger charge is 2.25. The van der Waals surface area contributed by atoms with Crippen molar-refractivity contribution >= 4 is 11.6 Å². The normalized spacial score (nSPS) is 23.2. The largest absolute Gasteiger partial charge is 0.314 e. The smallest absolute Gasteiger partial charge is 0.0409 e. The molecule has 20 heavy (non-hydrogen) atoms. The number of hydrogen-bond acceptors (Lipinski definition) is 2. The van der Waals surface area contributed by atoms with E-state index in [4.69, 9.17) is 11.6 Å². The van der Waals surface area contributed by atoms with Crippen LogP contribution in [-0.4, -0.2) is 31.1 Å². The van der Waals surface area contributed by atoms with E-state index in [-0.39, 0.29) is 0 Å². The molecule has 1 aromatic rings. The molecule has 0 aromatic heterocycles. The summed E-state index contributed by atoms with van der Waals surface area (Å²) in [6.07, 6.45) is 5.46. The zero-order chi connectivity index (χ0) is 14.4. The monoisotopic (exact) mass is 294 g/mol. The summed E-state index contributed by atoms with van der Waals surface area (Å²) in [4.78, 5) is 2.44. The summed E-state index contributed by atoms with van der Waals surface area (Å²) in [5.41, 5.74) is 1.30. The van der Waals surface area contributed by atoms with Crippen LogP contribution in [0.3, 0.4) is 0 Å². The van der Waals surface area contributed by atoms with Gasteiger partial charge >= 0.3 is 0 Å². The summed E-state index contributed by atoms with van der Waals surface area (Å²) in [5, 5.41) is 4.50. The zero-order valence-corrected chi connectivity index (χ0v) is 13.5. The quantitative estimate of drug-likeness (QED) is 0.855. The lowest BCUT2D eigenvalue weighted by Gasteiger charge is -2.35. The van der Waals surface area contributed by atoms with E-state index in [1.54, 1.807) is 0 Å². The fraction of sp³-hybridized carbons (Fsp3) is 0.647. The van der Waals surface area contributed by atoms with Crippen LogP contribution < -0.4 is 5.32 Å². The molecule has 0 spiro atoms. The minimum absolute atomic E-state index is 0.704. The van der Waals surface area contributed by atoms with E-state index in [0.717, 1.165) is 24.0 Å². The molecule has 0 amide bonds. The molecule has 0 aliphatic heterocycles. The van der Waals surface area contributed by atoms with Crippen molar-refractivity contribution in [3.05, 3.63) is 34.9 Å².